The van der Waals surface area contributed by atoms with E-state index in [-0.39, 0.29) is 18.5 Å². The molecule has 0 saturated heterocycles. The lowest BCUT2D eigenvalue weighted by molar-refractivity contribution is -0.122. The van der Waals surface area contributed by atoms with Gasteiger partial charge in [-0.3, -0.25) is 14.2 Å². The number of nitrogens with one attached hydrogen (secondary N) is 1. The second-order valence-corrected chi connectivity index (χ2v) is 5.82. The molecule has 1 atom stereocenters. The molecule has 0 radical (unpaired) electrons. The number of carbonyl (C=O) groups excluding carboxylic acids is 1. The largest absolute Gasteiger partial charge is 0.346 e. The van der Waals surface area contributed by atoms with E-state index in [9.17, 15) is 4.79 Å². The molecule has 2 rings (SSSR count). The number of hydrogen-bond acceptors (Lipinski definition) is 3. The summed E-state index contributed by atoms with van der Waals surface area (Å²) in [6.07, 6.45) is 1.91. The molecule has 2 aromatic heterocycles. The van der Waals surface area contributed by atoms with Crippen LogP contribution in [-0.4, -0.2) is 25.5 Å². The average molecular weight is 354 g/mol. The van der Waals surface area contributed by atoms with Crippen LogP contribution in [0.25, 0.3) is 0 Å². The highest BCUT2D eigenvalue weighted by Crippen LogP contribution is 2.19. The monoisotopic (exact) mass is 353 g/mol. The van der Waals surface area contributed by atoms with Crippen LogP contribution >= 0.6 is 15.9 Å². The molecule has 0 fully saturated rings. The van der Waals surface area contributed by atoms with Gasteiger partial charge in [0.1, 0.15) is 6.54 Å². The maximum Gasteiger partial charge on any atom is 0.242 e. The highest BCUT2D eigenvalue weighted by Gasteiger charge is 2.15. The second-order valence-electron chi connectivity index (χ2n) is 5.03. The third-order valence-electron chi connectivity index (χ3n) is 3.39. The first-order valence-electron chi connectivity index (χ1n) is 6.94. The van der Waals surface area contributed by atoms with E-state index >= 15 is 0 Å². The highest BCUT2D eigenvalue weighted by molar-refractivity contribution is 9.10. The molecule has 7 heteroatoms. The Hall–Kier alpha value is -1.63. The minimum atomic E-state index is -0.120. The lowest BCUT2D eigenvalue weighted by Crippen LogP contribution is -2.31. The van der Waals surface area contributed by atoms with Gasteiger partial charge in [-0.15, -0.1) is 0 Å². The first kappa shape index (κ1) is 15.8. The van der Waals surface area contributed by atoms with E-state index in [0.717, 1.165) is 28.1 Å². The van der Waals surface area contributed by atoms with Crippen molar-refractivity contribution in [1.82, 2.24) is 24.9 Å². The molecule has 2 heterocycles. The van der Waals surface area contributed by atoms with Gasteiger partial charge >= 0.3 is 0 Å². The summed E-state index contributed by atoms with van der Waals surface area (Å²) in [5.41, 5.74) is 2.69. The van der Waals surface area contributed by atoms with Crippen molar-refractivity contribution in [2.75, 3.05) is 0 Å². The van der Waals surface area contributed by atoms with Gasteiger partial charge in [0.2, 0.25) is 5.91 Å². The molecule has 1 unspecified atom stereocenters. The molecule has 0 bridgehead atoms. The first-order chi connectivity index (χ1) is 9.92. The van der Waals surface area contributed by atoms with Crippen LogP contribution in [0.4, 0.5) is 0 Å². The van der Waals surface area contributed by atoms with E-state index in [1.165, 1.54) is 0 Å². The molecule has 0 aliphatic rings. The van der Waals surface area contributed by atoms with Crippen LogP contribution in [0.15, 0.2) is 16.7 Å². The summed E-state index contributed by atoms with van der Waals surface area (Å²) in [7, 11) is 0. The minimum absolute atomic E-state index is 0.0772. The zero-order valence-electron chi connectivity index (χ0n) is 12.7. The summed E-state index contributed by atoms with van der Waals surface area (Å²) < 4.78 is 4.49. The molecular formula is C14H20BrN5O. The zero-order chi connectivity index (χ0) is 15.6. The van der Waals surface area contributed by atoms with Crippen LogP contribution in [0.1, 0.15) is 37.0 Å². The standard InChI is InChI=1S/C14H20BrN5O/c1-5-19-7-6-12(18-19)9(2)16-13(21)8-20-11(4)14(15)10(3)17-20/h6-7,9H,5,8H2,1-4H3,(H,16,21). The zero-order valence-corrected chi connectivity index (χ0v) is 14.3. The molecule has 21 heavy (non-hydrogen) atoms. The second kappa shape index (κ2) is 6.43. The molecule has 0 saturated carbocycles. The van der Waals surface area contributed by atoms with Gasteiger partial charge in [0.05, 0.1) is 27.6 Å². The Labute approximate surface area is 132 Å². The number of nitrogens with zero attached hydrogens (tertiary/aromatic N) is 4. The van der Waals surface area contributed by atoms with Crippen molar-refractivity contribution < 1.29 is 4.79 Å². The Morgan fingerprint density at radius 3 is 2.67 bits per heavy atom. The van der Waals surface area contributed by atoms with Gasteiger partial charge in [0.15, 0.2) is 0 Å². The number of carbonyl (C=O) groups is 1. The lowest BCUT2D eigenvalue weighted by Gasteiger charge is -2.12. The first-order valence-corrected chi connectivity index (χ1v) is 7.73. The summed E-state index contributed by atoms with van der Waals surface area (Å²) in [5, 5.41) is 11.7. The van der Waals surface area contributed by atoms with E-state index < -0.39 is 0 Å². The number of halogens is 1. The van der Waals surface area contributed by atoms with Gasteiger partial charge in [-0.05, 0) is 49.7 Å². The van der Waals surface area contributed by atoms with Gasteiger partial charge in [-0.2, -0.15) is 10.2 Å². The number of amides is 1. The topological polar surface area (TPSA) is 64.7 Å². The maximum absolute atomic E-state index is 12.1. The molecule has 1 amide bonds. The molecule has 1 N–H and O–H groups in total. The van der Waals surface area contributed by atoms with E-state index in [4.69, 9.17) is 0 Å². The van der Waals surface area contributed by atoms with E-state index in [2.05, 4.69) is 31.4 Å². The van der Waals surface area contributed by atoms with Crippen molar-refractivity contribution in [2.24, 2.45) is 0 Å². The fourth-order valence-corrected chi connectivity index (χ4v) is 2.39. The van der Waals surface area contributed by atoms with Crippen molar-refractivity contribution in [3.63, 3.8) is 0 Å². The predicted octanol–water partition coefficient (Wildman–Crippen LogP) is 2.36. The predicted molar refractivity (Wildman–Crippen MR) is 83.9 cm³/mol. The maximum atomic E-state index is 12.1. The van der Waals surface area contributed by atoms with Crippen LogP contribution in [0.2, 0.25) is 0 Å². The number of rotatable bonds is 5. The van der Waals surface area contributed by atoms with Crippen molar-refractivity contribution >= 4 is 21.8 Å². The number of aromatic nitrogens is 4. The van der Waals surface area contributed by atoms with Gasteiger partial charge in [-0.25, -0.2) is 0 Å². The lowest BCUT2D eigenvalue weighted by atomic mass is 10.2. The third-order valence-corrected chi connectivity index (χ3v) is 4.54. The van der Waals surface area contributed by atoms with Crippen LogP contribution in [-0.2, 0) is 17.9 Å². The fourth-order valence-electron chi connectivity index (χ4n) is 2.11. The minimum Gasteiger partial charge on any atom is -0.346 e. The molecule has 0 aliphatic heterocycles. The van der Waals surface area contributed by atoms with Crippen molar-refractivity contribution in [2.45, 2.75) is 46.8 Å². The van der Waals surface area contributed by atoms with Crippen molar-refractivity contribution in [1.29, 1.82) is 0 Å². The summed E-state index contributed by atoms with van der Waals surface area (Å²) in [6.45, 7) is 8.82. The summed E-state index contributed by atoms with van der Waals surface area (Å²) in [4.78, 5) is 12.1. The Morgan fingerprint density at radius 2 is 2.14 bits per heavy atom. The van der Waals surface area contributed by atoms with E-state index in [0.29, 0.717) is 0 Å². The summed E-state index contributed by atoms with van der Waals surface area (Å²) in [6, 6.07) is 1.81. The highest BCUT2D eigenvalue weighted by atomic mass is 79.9. The van der Waals surface area contributed by atoms with Crippen LogP contribution < -0.4 is 5.32 Å². The number of hydrogen-bond donors (Lipinski definition) is 1. The van der Waals surface area contributed by atoms with Gasteiger partial charge in [-0.1, -0.05) is 0 Å². The normalized spacial score (nSPS) is 12.4. The van der Waals surface area contributed by atoms with Crippen molar-refractivity contribution in [3.05, 3.63) is 33.8 Å². The molecular weight excluding hydrogens is 334 g/mol. The molecule has 114 valence electrons. The van der Waals surface area contributed by atoms with E-state index in [1.807, 2.05) is 44.6 Å². The van der Waals surface area contributed by atoms with Crippen LogP contribution in [0, 0.1) is 13.8 Å². The van der Waals surface area contributed by atoms with Crippen LogP contribution in [0.3, 0.4) is 0 Å². The summed E-state index contributed by atoms with van der Waals surface area (Å²) >= 11 is 3.46. The van der Waals surface area contributed by atoms with E-state index in [1.54, 1.807) is 4.68 Å². The smallest absolute Gasteiger partial charge is 0.242 e. The Balaban J connectivity index is 1.99. The molecule has 0 aliphatic carbocycles. The Kier molecular flexibility index (Phi) is 4.82. The van der Waals surface area contributed by atoms with Crippen LogP contribution in [0.5, 0.6) is 0 Å². The van der Waals surface area contributed by atoms with Gasteiger partial charge in [0, 0.05) is 12.7 Å². The quantitative estimate of drug-likeness (QED) is 0.897. The van der Waals surface area contributed by atoms with Gasteiger partial charge < -0.3 is 5.32 Å². The SMILES string of the molecule is CCn1ccc(C(C)NC(=O)Cn2nc(C)c(Br)c2C)n1. The number of aryl methyl sites for hydroxylation is 2. The van der Waals surface area contributed by atoms with Gasteiger partial charge in [0.25, 0.3) is 0 Å². The Bertz CT molecular complexity index is 646. The molecule has 0 aromatic carbocycles. The molecule has 2 aromatic rings. The fraction of sp³-hybridized carbons (Fsp3) is 0.500. The van der Waals surface area contributed by atoms with Crippen molar-refractivity contribution in [3.8, 4) is 0 Å². The average Bonchev–Trinajstić information content (AvgIpc) is 3.01. The molecule has 6 nitrogen and oxygen atoms in total. The summed E-state index contributed by atoms with van der Waals surface area (Å²) in [5.74, 6) is -0.0772. The Morgan fingerprint density at radius 1 is 1.43 bits per heavy atom. The molecule has 0 spiro atoms. The third kappa shape index (κ3) is 3.53.